The Bertz CT molecular complexity index is 464. The second-order valence-corrected chi connectivity index (χ2v) is 5.35. The monoisotopic (exact) mass is 281 g/mol. The van der Waals surface area contributed by atoms with E-state index in [1.807, 2.05) is 0 Å². The molecule has 0 aliphatic carbocycles. The van der Waals surface area contributed by atoms with Crippen molar-refractivity contribution >= 4 is 42.9 Å². The molecule has 0 N–H and O–H groups in total. The van der Waals surface area contributed by atoms with Crippen molar-refractivity contribution in [2.75, 3.05) is 0 Å². The molecule has 9 heteroatoms. The summed E-state index contributed by atoms with van der Waals surface area (Å²) in [5.74, 6) is -2.99. The number of aromatic nitrogens is 1. The van der Waals surface area contributed by atoms with Crippen molar-refractivity contribution in [1.82, 2.24) is 4.98 Å². The zero-order valence-corrected chi connectivity index (χ0v) is 9.15. The highest BCUT2D eigenvalue weighted by Crippen LogP contribution is 2.33. The SMILES string of the molecule is O=S(=O)(Cl)c1c(Cl)c(F)nc(F)c1Cl. The average Bonchev–Trinajstić information content (AvgIpc) is 1.98. The lowest BCUT2D eigenvalue weighted by Crippen LogP contribution is -2.01. The summed E-state index contributed by atoms with van der Waals surface area (Å²) in [6.45, 7) is 0. The van der Waals surface area contributed by atoms with Gasteiger partial charge in [0.25, 0.3) is 9.05 Å². The zero-order chi connectivity index (χ0) is 11.1. The molecular weight excluding hydrogens is 282 g/mol. The van der Waals surface area contributed by atoms with Crippen LogP contribution in [-0.2, 0) is 9.05 Å². The maximum atomic E-state index is 12.7. The molecule has 0 unspecified atom stereocenters. The van der Waals surface area contributed by atoms with Crippen LogP contribution in [-0.4, -0.2) is 13.4 Å². The van der Waals surface area contributed by atoms with Gasteiger partial charge in [-0.05, 0) is 0 Å². The molecule has 0 spiro atoms. The second-order valence-electron chi connectivity index (χ2n) is 2.09. The lowest BCUT2D eigenvalue weighted by atomic mass is 10.5. The molecule has 14 heavy (non-hydrogen) atoms. The molecular formula is C5Cl3F2NO2S. The molecule has 1 aromatic rings. The summed E-state index contributed by atoms with van der Waals surface area (Å²) in [6, 6.07) is 0. The molecule has 0 saturated heterocycles. The summed E-state index contributed by atoms with van der Waals surface area (Å²) >= 11 is 10.4. The molecule has 3 nitrogen and oxygen atoms in total. The Labute approximate surface area is 92.0 Å². The van der Waals surface area contributed by atoms with E-state index in [4.69, 9.17) is 33.9 Å². The first kappa shape index (κ1) is 11.9. The predicted octanol–water partition coefficient (Wildman–Crippen LogP) is 2.59. The summed E-state index contributed by atoms with van der Waals surface area (Å²) in [5.41, 5.74) is 0. The van der Waals surface area contributed by atoms with E-state index >= 15 is 0 Å². The molecule has 0 saturated carbocycles. The Morgan fingerprint density at radius 1 is 1.07 bits per heavy atom. The van der Waals surface area contributed by atoms with Crippen LogP contribution in [0.5, 0.6) is 0 Å². The molecule has 0 radical (unpaired) electrons. The quantitative estimate of drug-likeness (QED) is 0.587. The zero-order valence-electron chi connectivity index (χ0n) is 6.06. The van der Waals surface area contributed by atoms with Crippen LogP contribution < -0.4 is 0 Å². The summed E-state index contributed by atoms with van der Waals surface area (Å²) in [5, 5.41) is -1.88. The fourth-order valence-electron chi connectivity index (χ4n) is 0.682. The summed E-state index contributed by atoms with van der Waals surface area (Å²) in [7, 11) is 0.434. The predicted molar refractivity (Wildman–Crippen MR) is 47.2 cm³/mol. The van der Waals surface area contributed by atoms with Crippen LogP contribution in [0.4, 0.5) is 8.78 Å². The minimum Gasteiger partial charge on any atom is -0.207 e. The van der Waals surface area contributed by atoms with Gasteiger partial charge in [0.05, 0.1) is 0 Å². The topological polar surface area (TPSA) is 47.0 Å². The van der Waals surface area contributed by atoms with Crippen molar-refractivity contribution in [3.8, 4) is 0 Å². The van der Waals surface area contributed by atoms with Gasteiger partial charge in [0.1, 0.15) is 14.9 Å². The first-order chi connectivity index (χ1) is 6.25. The molecule has 0 aromatic carbocycles. The van der Waals surface area contributed by atoms with E-state index in [0.29, 0.717) is 0 Å². The molecule has 0 amide bonds. The highest BCUT2D eigenvalue weighted by atomic mass is 35.7. The molecule has 0 aliphatic rings. The Balaban J connectivity index is 3.74. The fraction of sp³-hybridized carbons (Fsp3) is 0. The van der Waals surface area contributed by atoms with Crippen molar-refractivity contribution in [1.29, 1.82) is 0 Å². The van der Waals surface area contributed by atoms with Crippen molar-refractivity contribution in [3.05, 3.63) is 21.9 Å². The number of nitrogens with zero attached hydrogens (tertiary/aromatic N) is 1. The van der Waals surface area contributed by atoms with Crippen LogP contribution >= 0.6 is 33.9 Å². The van der Waals surface area contributed by atoms with E-state index in [9.17, 15) is 17.2 Å². The Morgan fingerprint density at radius 3 is 1.71 bits per heavy atom. The third-order valence-electron chi connectivity index (χ3n) is 1.20. The Kier molecular flexibility index (Phi) is 3.20. The van der Waals surface area contributed by atoms with Gasteiger partial charge in [-0.3, -0.25) is 0 Å². The van der Waals surface area contributed by atoms with E-state index in [0.717, 1.165) is 0 Å². The molecule has 0 atom stereocenters. The van der Waals surface area contributed by atoms with E-state index in [1.54, 1.807) is 0 Å². The lowest BCUT2D eigenvalue weighted by Gasteiger charge is -2.03. The third kappa shape index (κ3) is 2.08. The fourth-order valence-corrected chi connectivity index (χ4v) is 2.91. The van der Waals surface area contributed by atoms with E-state index in [-0.39, 0.29) is 0 Å². The summed E-state index contributed by atoms with van der Waals surface area (Å²) in [6.07, 6.45) is 0. The molecule has 1 aromatic heterocycles. The third-order valence-corrected chi connectivity index (χ3v) is 3.47. The lowest BCUT2D eigenvalue weighted by molar-refractivity contribution is 0.505. The first-order valence-corrected chi connectivity index (χ1v) is 5.96. The van der Waals surface area contributed by atoms with Crippen LogP contribution in [0.1, 0.15) is 0 Å². The average molecular weight is 282 g/mol. The van der Waals surface area contributed by atoms with Gasteiger partial charge in [0, 0.05) is 10.7 Å². The van der Waals surface area contributed by atoms with Crippen LogP contribution in [0.25, 0.3) is 0 Å². The highest BCUT2D eigenvalue weighted by molar-refractivity contribution is 8.14. The normalized spacial score (nSPS) is 11.8. The summed E-state index contributed by atoms with van der Waals surface area (Å²) < 4.78 is 47.0. The minimum absolute atomic E-state index is 0.939. The molecule has 0 bridgehead atoms. The molecule has 78 valence electrons. The molecule has 0 fully saturated rings. The highest BCUT2D eigenvalue weighted by Gasteiger charge is 2.26. The van der Waals surface area contributed by atoms with Gasteiger partial charge in [-0.2, -0.15) is 13.8 Å². The van der Waals surface area contributed by atoms with Gasteiger partial charge in [-0.15, -0.1) is 0 Å². The standard InChI is InChI=1S/C5Cl3F2NO2S/c6-1-3(14(8,12)13)2(7)5(10)11-4(1)9. The van der Waals surface area contributed by atoms with Gasteiger partial charge < -0.3 is 0 Å². The van der Waals surface area contributed by atoms with Gasteiger partial charge in [-0.1, -0.05) is 23.2 Å². The number of hydrogen-bond donors (Lipinski definition) is 0. The van der Waals surface area contributed by atoms with Crippen molar-refractivity contribution < 1.29 is 17.2 Å². The second kappa shape index (κ2) is 3.77. The van der Waals surface area contributed by atoms with E-state index in [1.165, 1.54) is 0 Å². The summed E-state index contributed by atoms with van der Waals surface area (Å²) in [4.78, 5) is 1.61. The van der Waals surface area contributed by atoms with E-state index < -0.39 is 35.9 Å². The van der Waals surface area contributed by atoms with Gasteiger partial charge in [0.15, 0.2) is 0 Å². The molecule has 1 rings (SSSR count). The smallest absolute Gasteiger partial charge is 0.207 e. The van der Waals surface area contributed by atoms with Crippen molar-refractivity contribution in [3.63, 3.8) is 0 Å². The molecule has 1 heterocycles. The van der Waals surface area contributed by atoms with Gasteiger partial charge in [-0.25, -0.2) is 8.42 Å². The maximum Gasteiger partial charge on any atom is 0.264 e. The Hall–Kier alpha value is -0.170. The largest absolute Gasteiger partial charge is 0.264 e. The van der Waals surface area contributed by atoms with Gasteiger partial charge >= 0.3 is 0 Å². The number of halogens is 5. The minimum atomic E-state index is -4.42. The number of hydrogen-bond acceptors (Lipinski definition) is 3. The van der Waals surface area contributed by atoms with Crippen LogP contribution in [0.15, 0.2) is 4.90 Å². The van der Waals surface area contributed by atoms with Crippen molar-refractivity contribution in [2.45, 2.75) is 4.90 Å². The van der Waals surface area contributed by atoms with Crippen LogP contribution in [0.3, 0.4) is 0 Å². The van der Waals surface area contributed by atoms with E-state index in [2.05, 4.69) is 4.98 Å². The van der Waals surface area contributed by atoms with Crippen molar-refractivity contribution in [2.24, 2.45) is 0 Å². The number of pyridine rings is 1. The first-order valence-electron chi connectivity index (χ1n) is 2.89. The van der Waals surface area contributed by atoms with Gasteiger partial charge in [0.2, 0.25) is 11.9 Å². The maximum absolute atomic E-state index is 12.7. The Morgan fingerprint density at radius 2 is 1.43 bits per heavy atom. The van der Waals surface area contributed by atoms with Crippen LogP contribution in [0, 0.1) is 11.9 Å². The molecule has 0 aliphatic heterocycles. The number of rotatable bonds is 1. The van der Waals surface area contributed by atoms with Crippen LogP contribution in [0.2, 0.25) is 10.0 Å².